The molecule has 4 nitrogen and oxygen atoms in total. The van der Waals surface area contributed by atoms with Gasteiger partial charge in [0.25, 0.3) is 0 Å². The van der Waals surface area contributed by atoms with Gasteiger partial charge in [0.05, 0.1) is 12.0 Å². The zero-order chi connectivity index (χ0) is 31.3. The Morgan fingerprint density at radius 2 is 0.930 bits per heavy atom. The summed E-state index contributed by atoms with van der Waals surface area (Å²) in [6.45, 7) is 0. The second-order valence-electron chi connectivity index (χ2n) is 10.1. The largest absolute Gasteiger partial charge is 0.401 e. The fraction of sp³-hybridized carbons (Fsp3) is 0.219. The lowest BCUT2D eigenvalue weighted by atomic mass is 9.81. The first-order valence-corrected chi connectivity index (χ1v) is 14.9. The van der Waals surface area contributed by atoms with E-state index in [9.17, 15) is 34.8 Å². The molecule has 43 heavy (non-hydrogen) atoms. The standard InChI is InChI=1S/C32H27F6NO3S/c1-43(40,41)42-39-30(28(31(33,34)35)26-16-12-24(13-17-26)20-22-8-4-2-5-9-22)29(32(36,37)38)27-18-14-25(15-19-27)21-23-10-6-3-7-11-23/h2-19,28-29H,20-21H2,1H3. The molecule has 0 fully saturated rings. The van der Waals surface area contributed by atoms with Crippen LogP contribution < -0.4 is 0 Å². The van der Waals surface area contributed by atoms with Crippen molar-refractivity contribution in [3.05, 3.63) is 143 Å². The van der Waals surface area contributed by atoms with E-state index in [-0.39, 0.29) is 0 Å². The maximum atomic E-state index is 14.6. The normalized spacial score (nSPS) is 13.7. The van der Waals surface area contributed by atoms with Crippen molar-refractivity contribution < 1.29 is 39.0 Å². The Morgan fingerprint density at radius 1 is 0.605 bits per heavy atom. The number of oxime groups is 1. The number of hydrogen-bond donors (Lipinski definition) is 0. The van der Waals surface area contributed by atoms with Gasteiger partial charge in [0, 0.05) is 0 Å². The monoisotopic (exact) mass is 619 g/mol. The van der Waals surface area contributed by atoms with Crippen LogP contribution in [0.4, 0.5) is 26.3 Å². The first kappa shape index (κ1) is 31.8. The highest BCUT2D eigenvalue weighted by Crippen LogP contribution is 2.46. The topological polar surface area (TPSA) is 55.7 Å². The molecule has 0 amide bonds. The first-order valence-electron chi connectivity index (χ1n) is 13.1. The van der Waals surface area contributed by atoms with Crippen LogP contribution in [0.15, 0.2) is 114 Å². The summed E-state index contributed by atoms with van der Waals surface area (Å²) in [6, 6.07) is 28.0. The van der Waals surface area contributed by atoms with Crippen LogP contribution in [-0.4, -0.2) is 32.7 Å². The van der Waals surface area contributed by atoms with E-state index in [0.717, 1.165) is 35.4 Å². The van der Waals surface area contributed by atoms with Crippen LogP contribution in [0.5, 0.6) is 0 Å². The van der Waals surface area contributed by atoms with E-state index in [1.165, 1.54) is 24.3 Å². The maximum Gasteiger partial charge on any atom is 0.401 e. The molecule has 0 aliphatic carbocycles. The zero-order valence-electron chi connectivity index (χ0n) is 22.8. The van der Waals surface area contributed by atoms with Crippen molar-refractivity contribution in [2.45, 2.75) is 37.0 Å². The lowest BCUT2D eigenvalue weighted by Gasteiger charge is -2.29. The van der Waals surface area contributed by atoms with Gasteiger partial charge in [0.1, 0.15) is 11.8 Å². The fourth-order valence-corrected chi connectivity index (χ4v) is 4.98. The van der Waals surface area contributed by atoms with Gasteiger partial charge < -0.3 is 0 Å². The average Bonchev–Trinajstić information content (AvgIpc) is 2.93. The SMILES string of the molecule is CS(=O)(=O)ON=C(C(c1ccc(Cc2ccccc2)cc1)C(F)(F)F)C(c1ccc(Cc2ccccc2)cc1)C(F)(F)F. The van der Waals surface area contributed by atoms with Crippen LogP contribution in [0.25, 0.3) is 0 Å². The number of hydrogen-bond acceptors (Lipinski definition) is 4. The molecule has 0 bridgehead atoms. The molecular formula is C32H27F6NO3S. The summed E-state index contributed by atoms with van der Waals surface area (Å²) in [6.07, 6.45) is -9.31. The summed E-state index contributed by atoms with van der Waals surface area (Å²) >= 11 is 0. The van der Waals surface area contributed by atoms with Crippen LogP contribution in [0.2, 0.25) is 0 Å². The molecule has 0 heterocycles. The van der Waals surface area contributed by atoms with Gasteiger partial charge in [-0.15, -0.1) is 0 Å². The molecule has 2 unspecified atom stereocenters. The second kappa shape index (κ2) is 13.0. The van der Waals surface area contributed by atoms with Gasteiger partial charge in [-0.2, -0.15) is 34.8 Å². The summed E-state index contributed by atoms with van der Waals surface area (Å²) in [5, 5.41) is 3.05. The van der Waals surface area contributed by atoms with E-state index < -0.39 is 51.1 Å². The molecule has 0 spiro atoms. The van der Waals surface area contributed by atoms with Gasteiger partial charge >= 0.3 is 22.5 Å². The molecule has 2 atom stereocenters. The Morgan fingerprint density at radius 3 is 1.23 bits per heavy atom. The van der Waals surface area contributed by atoms with Crippen LogP contribution in [0.1, 0.15) is 45.2 Å². The number of alkyl halides is 6. The van der Waals surface area contributed by atoms with E-state index >= 15 is 0 Å². The van der Waals surface area contributed by atoms with Crippen molar-refractivity contribution in [1.82, 2.24) is 0 Å². The predicted molar refractivity (Wildman–Crippen MR) is 152 cm³/mol. The molecule has 0 radical (unpaired) electrons. The predicted octanol–water partition coefficient (Wildman–Crippen LogP) is 8.19. The fourth-order valence-electron chi connectivity index (χ4n) is 4.76. The summed E-state index contributed by atoms with van der Waals surface area (Å²) in [5.74, 6) is -5.84. The summed E-state index contributed by atoms with van der Waals surface area (Å²) in [4.78, 5) is 0. The Labute approximate surface area is 245 Å². The molecule has 4 aromatic carbocycles. The Hall–Kier alpha value is -4.12. The third-order valence-corrected chi connectivity index (χ3v) is 7.00. The highest BCUT2D eigenvalue weighted by molar-refractivity contribution is 7.85. The van der Waals surface area contributed by atoms with E-state index in [1.807, 2.05) is 36.4 Å². The number of halogens is 6. The molecular weight excluding hydrogens is 592 g/mol. The summed E-state index contributed by atoms with van der Waals surface area (Å²) in [5.41, 5.74) is 0.395. The molecule has 0 N–H and O–H groups in total. The van der Waals surface area contributed by atoms with Crippen molar-refractivity contribution in [3.63, 3.8) is 0 Å². The van der Waals surface area contributed by atoms with Crippen molar-refractivity contribution in [1.29, 1.82) is 0 Å². The molecule has 11 heteroatoms. The number of nitrogens with zero attached hydrogens (tertiary/aromatic N) is 1. The lowest BCUT2D eigenvalue weighted by molar-refractivity contribution is -0.148. The van der Waals surface area contributed by atoms with E-state index in [4.69, 9.17) is 0 Å². The highest BCUT2D eigenvalue weighted by Gasteiger charge is 2.54. The minimum absolute atomic E-state index is 0.385. The minimum atomic E-state index is -5.28. The Balaban J connectivity index is 1.77. The van der Waals surface area contributed by atoms with Crippen molar-refractivity contribution >= 4 is 15.8 Å². The molecule has 0 aliphatic heterocycles. The second-order valence-corrected chi connectivity index (χ2v) is 11.6. The minimum Gasteiger partial charge on any atom is -0.269 e. The smallest absolute Gasteiger partial charge is 0.269 e. The molecule has 226 valence electrons. The molecule has 0 aromatic heterocycles. The van der Waals surface area contributed by atoms with Gasteiger partial charge in [-0.25, -0.2) is 0 Å². The summed E-state index contributed by atoms with van der Waals surface area (Å²) in [7, 11) is -4.55. The van der Waals surface area contributed by atoms with E-state index in [2.05, 4.69) is 9.44 Å². The summed E-state index contributed by atoms with van der Waals surface area (Å²) < 4.78 is 115. The maximum absolute atomic E-state index is 14.6. The van der Waals surface area contributed by atoms with E-state index in [1.54, 1.807) is 24.3 Å². The average molecular weight is 620 g/mol. The Bertz CT molecular complexity index is 1510. The molecule has 4 rings (SSSR count). The quantitative estimate of drug-likeness (QED) is 0.102. The van der Waals surface area contributed by atoms with Gasteiger partial charge in [0.2, 0.25) is 0 Å². The van der Waals surface area contributed by atoms with Crippen LogP contribution in [0, 0.1) is 0 Å². The molecule has 0 aliphatic rings. The van der Waals surface area contributed by atoms with E-state index in [0.29, 0.717) is 30.2 Å². The van der Waals surface area contributed by atoms with Gasteiger partial charge in [-0.3, -0.25) is 4.28 Å². The van der Waals surface area contributed by atoms with Crippen molar-refractivity contribution in [2.75, 3.05) is 6.26 Å². The van der Waals surface area contributed by atoms with Crippen LogP contribution in [0.3, 0.4) is 0 Å². The van der Waals surface area contributed by atoms with Gasteiger partial charge in [-0.05, 0) is 46.2 Å². The Kier molecular flexibility index (Phi) is 9.64. The highest BCUT2D eigenvalue weighted by atomic mass is 32.2. The van der Waals surface area contributed by atoms with Gasteiger partial charge in [0.15, 0.2) is 0 Å². The van der Waals surface area contributed by atoms with Crippen molar-refractivity contribution in [3.8, 4) is 0 Å². The zero-order valence-corrected chi connectivity index (χ0v) is 23.6. The number of benzene rings is 4. The first-order chi connectivity index (χ1) is 20.2. The van der Waals surface area contributed by atoms with Gasteiger partial charge in [-0.1, -0.05) is 114 Å². The lowest BCUT2D eigenvalue weighted by Crippen LogP contribution is -2.38. The molecule has 0 saturated heterocycles. The third kappa shape index (κ3) is 8.93. The molecule has 4 aromatic rings. The van der Waals surface area contributed by atoms with Crippen molar-refractivity contribution in [2.24, 2.45) is 5.16 Å². The van der Waals surface area contributed by atoms with Crippen LogP contribution >= 0.6 is 0 Å². The number of rotatable bonds is 10. The van der Waals surface area contributed by atoms with Crippen LogP contribution in [-0.2, 0) is 27.2 Å². The third-order valence-electron chi connectivity index (χ3n) is 6.65. The molecule has 0 saturated carbocycles.